The highest BCUT2D eigenvalue weighted by Gasteiger charge is 2.42. The van der Waals surface area contributed by atoms with Crippen molar-refractivity contribution in [1.29, 1.82) is 0 Å². The molecule has 1 aromatic rings. The average Bonchev–Trinajstić information content (AvgIpc) is 2.41. The second-order valence-electron chi connectivity index (χ2n) is 6.32. The van der Waals surface area contributed by atoms with Gasteiger partial charge in [0.05, 0.1) is 6.42 Å². The molecule has 0 unspecified atom stereocenters. The van der Waals surface area contributed by atoms with E-state index < -0.39 is 31.0 Å². The normalized spacial score (nSPS) is 12.1. The van der Waals surface area contributed by atoms with E-state index >= 15 is 0 Å². The third-order valence-electron chi connectivity index (χ3n) is 3.32. The van der Waals surface area contributed by atoms with Crippen molar-refractivity contribution in [3.8, 4) is 0 Å². The van der Waals surface area contributed by atoms with Crippen molar-refractivity contribution >= 4 is 11.9 Å². The summed E-state index contributed by atoms with van der Waals surface area (Å²) in [7, 11) is 0. The predicted molar refractivity (Wildman–Crippen MR) is 78.9 cm³/mol. The summed E-state index contributed by atoms with van der Waals surface area (Å²) >= 11 is 0. The largest absolute Gasteiger partial charge is 0.481 e. The molecule has 0 aliphatic rings. The van der Waals surface area contributed by atoms with Crippen LogP contribution in [0.2, 0.25) is 0 Å². The van der Waals surface area contributed by atoms with Gasteiger partial charge in [-0.25, -0.2) is 0 Å². The zero-order valence-corrected chi connectivity index (χ0v) is 13.3. The van der Waals surface area contributed by atoms with Crippen LogP contribution in [0.15, 0.2) is 24.3 Å². The van der Waals surface area contributed by atoms with Crippen molar-refractivity contribution in [3.63, 3.8) is 0 Å². The number of carboxylic acids is 1. The molecule has 1 N–H and O–H groups in total. The molecule has 0 heterocycles. The van der Waals surface area contributed by atoms with Crippen molar-refractivity contribution in [2.75, 3.05) is 6.54 Å². The van der Waals surface area contributed by atoms with E-state index in [0.29, 0.717) is 10.5 Å². The number of halogens is 3. The monoisotopic (exact) mass is 331 g/mol. The summed E-state index contributed by atoms with van der Waals surface area (Å²) in [5.74, 6) is -3.29. The maximum Gasteiger partial charge on any atom is 0.471 e. The number of nitrogens with zero attached hydrogens (tertiary/aromatic N) is 1. The quantitative estimate of drug-likeness (QED) is 0.900. The lowest BCUT2D eigenvalue weighted by Gasteiger charge is -2.24. The molecular weight excluding hydrogens is 311 g/mol. The van der Waals surface area contributed by atoms with Crippen LogP contribution >= 0.6 is 0 Å². The lowest BCUT2D eigenvalue weighted by atomic mass is 9.87. The van der Waals surface area contributed by atoms with Crippen LogP contribution in [0, 0.1) is 0 Å². The maximum atomic E-state index is 12.6. The van der Waals surface area contributed by atoms with Gasteiger partial charge < -0.3 is 10.0 Å². The van der Waals surface area contributed by atoms with E-state index in [1.165, 1.54) is 0 Å². The van der Waals surface area contributed by atoms with Crippen molar-refractivity contribution in [3.05, 3.63) is 35.4 Å². The second-order valence-corrected chi connectivity index (χ2v) is 6.32. The molecule has 1 amide bonds. The smallest absolute Gasteiger partial charge is 0.471 e. The zero-order valence-electron chi connectivity index (χ0n) is 13.3. The van der Waals surface area contributed by atoms with Gasteiger partial charge in [-0.2, -0.15) is 13.2 Å². The Labute approximate surface area is 132 Å². The standard InChI is InChI=1S/C16H20F3NO3/c1-15(2,3)12-6-4-11(5-7-12)10-20(9-8-13(21)22)14(23)16(17,18)19/h4-7H,8-10H2,1-3H3,(H,21,22). The van der Waals surface area contributed by atoms with Crippen molar-refractivity contribution in [2.45, 2.75) is 45.3 Å². The van der Waals surface area contributed by atoms with Gasteiger partial charge in [0.15, 0.2) is 0 Å². The summed E-state index contributed by atoms with van der Waals surface area (Å²) in [5, 5.41) is 8.62. The molecule has 0 radical (unpaired) electrons. The number of benzene rings is 1. The first kappa shape index (κ1) is 19.0. The highest BCUT2D eigenvalue weighted by atomic mass is 19.4. The number of aliphatic carboxylic acids is 1. The molecule has 0 aliphatic carbocycles. The Morgan fingerprint density at radius 3 is 2.00 bits per heavy atom. The summed E-state index contributed by atoms with van der Waals surface area (Å²) in [6.07, 6.45) is -5.56. The third kappa shape index (κ3) is 5.92. The summed E-state index contributed by atoms with van der Waals surface area (Å²) in [5.41, 5.74) is 1.44. The van der Waals surface area contributed by atoms with Gasteiger partial charge in [0.1, 0.15) is 0 Å². The molecule has 0 saturated carbocycles. The molecule has 1 rings (SSSR count). The van der Waals surface area contributed by atoms with E-state index in [1.54, 1.807) is 24.3 Å². The third-order valence-corrected chi connectivity index (χ3v) is 3.32. The molecular formula is C16H20F3NO3. The van der Waals surface area contributed by atoms with Gasteiger partial charge in [-0.1, -0.05) is 45.0 Å². The number of alkyl halides is 3. The van der Waals surface area contributed by atoms with E-state index in [4.69, 9.17) is 5.11 Å². The summed E-state index contributed by atoms with van der Waals surface area (Å²) < 4.78 is 37.8. The summed E-state index contributed by atoms with van der Waals surface area (Å²) in [6, 6.07) is 6.89. The Bertz CT molecular complexity index is 559. The van der Waals surface area contributed by atoms with Crippen molar-refractivity contribution in [2.24, 2.45) is 0 Å². The second kappa shape index (κ2) is 7.02. The number of hydrogen-bond donors (Lipinski definition) is 1. The molecule has 7 heteroatoms. The van der Waals surface area contributed by atoms with Crippen LogP contribution in [-0.2, 0) is 21.5 Å². The topological polar surface area (TPSA) is 57.6 Å². The molecule has 0 aliphatic heterocycles. The van der Waals surface area contributed by atoms with Crippen molar-refractivity contribution in [1.82, 2.24) is 4.90 Å². The highest BCUT2D eigenvalue weighted by molar-refractivity contribution is 5.82. The lowest BCUT2D eigenvalue weighted by Crippen LogP contribution is -2.41. The molecule has 0 bridgehead atoms. The first-order valence-corrected chi connectivity index (χ1v) is 7.08. The first-order chi connectivity index (χ1) is 10.4. The van der Waals surface area contributed by atoms with E-state index in [0.717, 1.165) is 5.56 Å². The molecule has 4 nitrogen and oxygen atoms in total. The molecule has 0 aromatic heterocycles. The van der Waals surface area contributed by atoms with Gasteiger partial charge in [-0.05, 0) is 16.5 Å². The number of carboxylic acid groups (broad SMARTS) is 1. The molecule has 23 heavy (non-hydrogen) atoms. The first-order valence-electron chi connectivity index (χ1n) is 7.08. The van der Waals surface area contributed by atoms with Gasteiger partial charge in [0.25, 0.3) is 0 Å². The lowest BCUT2D eigenvalue weighted by molar-refractivity contribution is -0.186. The summed E-state index contributed by atoms with van der Waals surface area (Å²) in [6.45, 7) is 5.25. The van der Waals surface area contributed by atoms with E-state index in [9.17, 15) is 22.8 Å². The van der Waals surface area contributed by atoms with Crippen LogP contribution < -0.4 is 0 Å². The van der Waals surface area contributed by atoms with E-state index in [2.05, 4.69) is 0 Å². The van der Waals surface area contributed by atoms with Crippen LogP contribution in [0.25, 0.3) is 0 Å². The number of carbonyl (C=O) groups is 2. The van der Waals surface area contributed by atoms with E-state index in [1.807, 2.05) is 20.8 Å². The fourth-order valence-corrected chi connectivity index (χ4v) is 1.99. The van der Waals surface area contributed by atoms with Crippen LogP contribution in [-0.4, -0.2) is 34.6 Å². The van der Waals surface area contributed by atoms with Gasteiger partial charge in [-0.15, -0.1) is 0 Å². The van der Waals surface area contributed by atoms with E-state index in [-0.39, 0.29) is 12.0 Å². The number of amides is 1. The Morgan fingerprint density at radius 2 is 1.61 bits per heavy atom. The highest BCUT2D eigenvalue weighted by Crippen LogP contribution is 2.24. The Balaban J connectivity index is 2.92. The Morgan fingerprint density at radius 1 is 1.09 bits per heavy atom. The minimum Gasteiger partial charge on any atom is -0.481 e. The molecule has 0 fully saturated rings. The van der Waals surface area contributed by atoms with Crippen LogP contribution in [0.1, 0.15) is 38.3 Å². The summed E-state index contributed by atoms with van der Waals surface area (Å²) in [4.78, 5) is 22.5. The van der Waals surface area contributed by atoms with Crippen LogP contribution in [0.3, 0.4) is 0 Å². The number of hydrogen-bond acceptors (Lipinski definition) is 2. The fourth-order valence-electron chi connectivity index (χ4n) is 1.99. The number of carbonyl (C=O) groups excluding carboxylic acids is 1. The Hall–Kier alpha value is -2.05. The Kier molecular flexibility index (Phi) is 5.80. The number of rotatable bonds is 5. The van der Waals surface area contributed by atoms with Crippen LogP contribution in [0.5, 0.6) is 0 Å². The SMILES string of the molecule is CC(C)(C)c1ccc(CN(CCC(=O)O)C(=O)C(F)(F)F)cc1. The molecule has 128 valence electrons. The van der Waals surface area contributed by atoms with Crippen molar-refractivity contribution < 1.29 is 27.9 Å². The minimum absolute atomic E-state index is 0.0939. The minimum atomic E-state index is -5.02. The maximum absolute atomic E-state index is 12.6. The molecule has 0 atom stereocenters. The van der Waals surface area contributed by atoms with Gasteiger partial charge in [-0.3, -0.25) is 9.59 Å². The zero-order chi connectivity index (χ0) is 17.8. The van der Waals surface area contributed by atoms with Gasteiger partial charge in [0, 0.05) is 13.1 Å². The average molecular weight is 331 g/mol. The van der Waals surface area contributed by atoms with Gasteiger partial charge in [0.2, 0.25) is 0 Å². The molecule has 0 saturated heterocycles. The fraction of sp³-hybridized carbons (Fsp3) is 0.500. The molecule has 1 aromatic carbocycles. The van der Waals surface area contributed by atoms with Gasteiger partial charge >= 0.3 is 18.1 Å². The molecule has 0 spiro atoms. The predicted octanol–water partition coefficient (Wildman–Crippen LogP) is 3.35. The van der Waals surface area contributed by atoms with Crippen LogP contribution in [0.4, 0.5) is 13.2 Å².